The summed E-state index contributed by atoms with van der Waals surface area (Å²) < 4.78 is 138. The minimum Gasteiger partial charge on any atom is -0.457 e. The molecule has 0 aliphatic carbocycles. The van der Waals surface area contributed by atoms with Crippen molar-refractivity contribution in [2.45, 2.75) is 16.4 Å². The number of alkyl halides is 6. The van der Waals surface area contributed by atoms with Gasteiger partial charge in [-0.1, -0.05) is 60.7 Å². The van der Waals surface area contributed by atoms with Crippen LogP contribution in [0.1, 0.15) is 22.3 Å². The highest BCUT2D eigenvalue weighted by molar-refractivity contribution is 7.88. The lowest BCUT2D eigenvalue weighted by Gasteiger charge is -2.41. The molecule has 0 spiro atoms. The Morgan fingerprint density at radius 1 is 0.524 bits per heavy atom. The van der Waals surface area contributed by atoms with Crippen LogP contribution in [0.25, 0.3) is 0 Å². The van der Waals surface area contributed by atoms with E-state index in [0.29, 0.717) is 33.8 Å². The van der Waals surface area contributed by atoms with E-state index in [2.05, 4.69) is 8.37 Å². The van der Waals surface area contributed by atoms with Crippen LogP contribution in [0.5, 0.6) is 23.0 Å². The molecule has 0 radical (unpaired) electrons. The zero-order valence-corrected chi connectivity index (χ0v) is 22.3. The maximum absolute atomic E-state index is 12.9. The standard InChI is InChI=1S/C27H16F6O7S2/c28-26(29,30)41(34,35)39-19-13-9-17(10-14-19)25(18-11-15-20(16-12-18)40-42(36,37)27(31,32)33)21-5-1-3-7-23(21)38-24-8-4-2-6-22(24)25/h1-16H. The lowest BCUT2D eigenvalue weighted by Crippen LogP contribution is -2.34. The number of hydrogen-bond acceptors (Lipinski definition) is 7. The van der Waals surface area contributed by atoms with Gasteiger partial charge in [-0.15, -0.1) is 0 Å². The molecule has 0 saturated heterocycles. The molecule has 4 aromatic rings. The molecule has 0 bridgehead atoms. The minimum atomic E-state index is -5.95. The monoisotopic (exact) mass is 630 g/mol. The summed E-state index contributed by atoms with van der Waals surface area (Å²) in [6, 6.07) is 22.9. The summed E-state index contributed by atoms with van der Waals surface area (Å²) in [5.41, 5.74) is -10.9. The van der Waals surface area contributed by atoms with Gasteiger partial charge in [0.1, 0.15) is 23.0 Å². The topological polar surface area (TPSA) is 96.0 Å². The highest BCUT2D eigenvalue weighted by Crippen LogP contribution is 2.55. The van der Waals surface area contributed by atoms with Gasteiger partial charge in [-0.05, 0) is 47.5 Å². The Kier molecular flexibility index (Phi) is 6.93. The fourth-order valence-corrected chi connectivity index (χ4v) is 5.57. The molecule has 15 heteroatoms. The number of rotatable bonds is 6. The molecule has 0 unspecified atom stereocenters. The third-order valence-corrected chi connectivity index (χ3v) is 8.31. The van der Waals surface area contributed by atoms with Crippen molar-refractivity contribution in [1.82, 2.24) is 0 Å². The van der Waals surface area contributed by atoms with Gasteiger partial charge in [-0.2, -0.15) is 43.2 Å². The first-order valence-electron chi connectivity index (χ1n) is 11.7. The summed E-state index contributed by atoms with van der Waals surface area (Å²) in [6.07, 6.45) is 0. The summed E-state index contributed by atoms with van der Waals surface area (Å²) in [5.74, 6) is -0.505. The lowest BCUT2D eigenvalue weighted by molar-refractivity contribution is -0.0504. The number of ether oxygens (including phenoxy) is 1. The molecule has 0 N–H and O–H groups in total. The van der Waals surface area contributed by atoms with Crippen LogP contribution in [-0.4, -0.2) is 27.9 Å². The van der Waals surface area contributed by atoms with Gasteiger partial charge in [0, 0.05) is 11.1 Å². The predicted octanol–water partition coefficient (Wildman–Crippen LogP) is 6.63. The molecule has 0 fully saturated rings. The second-order valence-electron chi connectivity index (χ2n) is 8.86. The van der Waals surface area contributed by atoms with Crippen LogP contribution >= 0.6 is 0 Å². The molecular weight excluding hydrogens is 614 g/mol. The van der Waals surface area contributed by atoms with Crippen LogP contribution in [0, 0.1) is 0 Å². The number of halogens is 6. The molecule has 1 heterocycles. The summed E-state index contributed by atoms with van der Waals surface area (Å²) in [7, 11) is -11.9. The Morgan fingerprint density at radius 3 is 1.19 bits per heavy atom. The van der Waals surface area contributed by atoms with Crippen molar-refractivity contribution in [3.8, 4) is 23.0 Å². The normalized spacial score (nSPS) is 14.7. The number of benzene rings is 4. The Labute approximate surface area is 235 Å². The van der Waals surface area contributed by atoms with Gasteiger partial charge in [-0.25, -0.2) is 0 Å². The van der Waals surface area contributed by atoms with Gasteiger partial charge in [0.05, 0.1) is 5.41 Å². The SMILES string of the molecule is O=S(=O)(Oc1ccc(C2(c3ccc(OS(=O)(=O)C(F)(F)F)cc3)c3ccccc3Oc3ccccc32)cc1)C(F)(F)F. The van der Waals surface area contributed by atoms with Crippen LogP contribution in [-0.2, 0) is 25.7 Å². The first-order valence-corrected chi connectivity index (χ1v) is 14.5. The Hall–Kier alpha value is -4.24. The zero-order chi connectivity index (χ0) is 30.6. The van der Waals surface area contributed by atoms with E-state index in [-0.39, 0.29) is 0 Å². The molecule has 42 heavy (non-hydrogen) atoms. The van der Waals surface area contributed by atoms with Gasteiger partial charge in [0.25, 0.3) is 0 Å². The quantitative estimate of drug-likeness (QED) is 0.118. The van der Waals surface area contributed by atoms with E-state index in [1.165, 1.54) is 24.3 Å². The van der Waals surface area contributed by atoms with Gasteiger partial charge < -0.3 is 13.1 Å². The molecule has 0 amide bonds. The van der Waals surface area contributed by atoms with Gasteiger partial charge >= 0.3 is 31.3 Å². The highest BCUT2D eigenvalue weighted by Gasteiger charge is 2.50. The van der Waals surface area contributed by atoms with Crippen LogP contribution in [0.4, 0.5) is 26.3 Å². The van der Waals surface area contributed by atoms with Crippen molar-refractivity contribution in [3.05, 3.63) is 119 Å². The summed E-state index contributed by atoms with van der Waals surface area (Å²) in [4.78, 5) is 0. The highest BCUT2D eigenvalue weighted by atomic mass is 32.2. The molecular formula is C27H16F6O7S2. The van der Waals surface area contributed by atoms with E-state index in [9.17, 15) is 43.2 Å². The van der Waals surface area contributed by atoms with Crippen LogP contribution in [0.15, 0.2) is 97.1 Å². The van der Waals surface area contributed by atoms with Crippen molar-refractivity contribution < 1.29 is 56.3 Å². The van der Waals surface area contributed by atoms with Gasteiger partial charge in [0.15, 0.2) is 0 Å². The van der Waals surface area contributed by atoms with E-state index >= 15 is 0 Å². The average Bonchev–Trinajstić information content (AvgIpc) is 2.91. The fourth-order valence-electron chi connectivity index (χ4n) is 4.65. The minimum absolute atomic E-state index is 0.371. The maximum atomic E-state index is 12.9. The second-order valence-corrected chi connectivity index (χ2v) is 11.9. The van der Waals surface area contributed by atoms with E-state index < -0.39 is 48.2 Å². The Morgan fingerprint density at radius 2 is 0.857 bits per heavy atom. The lowest BCUT2D eigenvalue weighted by atomic mass is 9.63. The molecule has 0 saturated carbocycles. The summed E-state index contributed by atoms with van der Waals surface area (Å²) in [6.45, 7) is 0. The van der Waals surface area contributed by atoms with Crippen molar-refractivity contribution in [3.63, 3.8) is 0 Å². The fraction of sp³-hybridized carbons (Fsp3) is 0.111. The first kappa shape index (κ1) is 29.3. The number of fused-ring (bicyclic) bond motifs is 2. The van der Waals surface area contributed by atoms with Gasteiger partial charge in [-0.3, -0.25) is 0 Å². The number of para-hydroxylation sites is 2. The van der Waals surface area contributed by atoms with E-state index in [0.717, 1.165) is 24.3 Å². The van der Waals surface area contributed by atoms with Crippen LogP contribution in [0.3, 0.4) is 0 Å². The van der Waals surface area contributed by atoms with Crippen molar-refractivity contribution in [2.24, 2.45) is 0 Å². The molecule has 0 atom stereocenters. The maximum Gasteiger partial charge on any atom is 0.534 e. The average molecular weight is 631 g/mol. The van der Waals surface area contributed by atoms with Gasteiger partial charge in [0.2, 0.25) is 0 Å². The Bertz CT molecular complexity index is 1710. The van der Waals surface area contributed by atoms with E-state index in [4.69, 9.17) is 4.74 Å². The third-order valence-electron chi connectivity index (χ3n) is 6.36. The van der Waals surface area contributed by atoms with E-state index in [1.807, 2.05) is 0 Å². The van der Waals surface area contributed by atoms with Crippen molar-refractivity contribution in [2.75, 3.05) is 0 Å². The molecule has 1 aliphatic rings. The van der Waals surface area contributed by atoms with Crippen LogP contribution in [0.2, 0.25) is 0 Å². The van der Waals surface area contributed by atoms with E-state index in [1.54, 1.807) is 48.5 Å². The van der Waals surface area contributed by atoms with Crippen LogP contribution < -0.4 is 13.1 Å². The largest absolute Gasteiger partial charge is 0.534 e. The summed E-state index contributed by atoms with van der Waals surface area (Å²) in [5, 5.41) is 0. The zero-order valence-electron chi connectivity index (χ0n) is 20.7. The second kappa shape index (κ2) is 9.94. The molecule has 5 rings (SSSR count). The molecule has 220 valence electrons. The molecule has 0 aromatic heterocycles. The molecule has 4 aromatic carbocycles. The first-order chi connectivity index (χ1) is 19.6. The molecule has 7 nitrogen and oxygen atoms in total. The predicted molar refractivity (Wildman–Crippen MR) is 136 cm³/mol. The smallest absolute Gasteiger partial charge is 0.457 e. The summed E-state index contributed by atoms with van der Waals surface area (Å²) >= 11 is 0. The van der Waals surface area contributed by atoms with Crippen molar-refractivity contribution >= 4 is 20.2 Å². The Balaban J connectivity index is 1.70. The van der Waals surface area contributed by atoms with Crippen molar-refractivity contribution in [1.29, 1.82) is 0 Å². The molecule has 1 aliphatic heterocycles. The third kappa shape index (κ3) is 4.91. The number of hydrogen-bond donors (Lipinski definition) is 0.